The summed E-state index contributed by atoms with van der Waals surface area (Å²) < 4.78 is 17.1. The highest BCUT2D eigenvalue weighted by atomic mass is 16.5. The summed E-state index contributed by atoms with van der Waals surface area (Å²) in [5, 5.41) is 5.69. The van der Waals surface area contributed by atoms with Gasteiger partial charge in [-0.1, -0.05) is 6.07 Å². The van der Waals surface area contributed by atoms with E-state index >= 15 is 0 Å². The van der Waals surface area contributed by atoms with Crippen molar-refractivity contribution in [1.82, 2.24) is 0 Å². The van der Waals surface area contributed by atoms with Gasteiger partial charge in [0, 0.05) is 11.3 Å². The van der Waals surface area contributed by atoms with Crippen molar-refractivity contribution in [2.24, 2.45) is 0 Å². The van der Waals surface area contributed by atoms with Crippen LogP contribution in [-0.4, -0.2) is 25.0 Å². The predicted octanol–water partition coefficient (Wildman–Crippen LogP) is 5.40. The van der Waals surface area contributed by atoms with Gasteiger partial charge in [0.15, 0.2) is 17.2 Å². The average molecular weight is 432 g/mol. The van der Waals surface area contributed by atoms with E-state index in [4.69, 9.17) is 14.2 Å². The summed E-state index contributed by atoms with van der Waals surface area (Å²) in [6.07, 6.45) is 0. The summed E-state index contributed by atoms with van der Waals surface area (Å²) in [6.45, 7) is 6.64. The maximum Gasteiger partial charge on any atom is 0.259 e. The highest BCUT2D eigenvalue weighted by Crippen LogP contribution is 2.37. The fourth-order valence-electron chi connectivity index (χ4n) is 3.41. The van der Waals surface area contributed by atoms with Crippen LogP contribution in [0.4, 0.5) is 11.4 Å². The molecule has 0 saturated heterocycles. The molecule has 1 aliphatic heterocycles. The molecule has 2 N–H and O–H groups in total. The molecule has 0 spiro atoms. The van der Waals surface area contributed by atoms with Crippen LogP contribution in [0, 0.1) is 6.92 Å². The van der Waals surface area contributed by atoms with Gasteiger partial charge in [0.05, 0.1) is 24.5 Å². The predicted molar refractivity (Wildman–Crippen MR) is 122 cm³/mol. The van der Waals surface area contributed by atoms with E-state index in [0.29, 0.717) is 58.7 Å². The van der Waals surface area contributed by atoms with Crippen molar-refractivity contribution < 1.29 is 23.8 Å². The second kappa shape index (κ2) is 9.01. The maximum absolute atomic E-state index is 12.8. The molecule has 0 radical (unpaired) electrons. The Morgan fingerprint density at radius 3 is 2.47 bits per heavy atom. The quantitative estimate of drug-likeness (QED) is 0.544. The topological polar surface area (TPSA) is 85.9 Å². The summed E-state index contributed by atoms with van der Waals surface area (Å²) in [5.74, 6) is 1.44. The number of fused-ring (bicyclic) bond motifs is 2. The Morgan fingerprint density at radius 2 is 1.69 bits per heavy atom. The molecule has 7 heteroatoms. The van der Waals surface area contributed by atoms with E-state index in [-0.39, 0.29) is 11.8 Å². The summed E-state index contributed by atoms with van der Waals surface area (Å²) in [4.78, 5) is 25.6. The van der Waals surface area contributed by atoms with Gasteiger partial charge in [0.25, 0.3) is 11.8 Å². The van der Waals surface area contributed by atoms with Gasteiger partial charge in [-0.05, 0) is 74.9 Å². The lowest BCUT2D eigenvalue weighted by Gasteiger charge is -2.13. The summed E-state index contributed by atoms with van der Waals surface area (Å²) >= 11 is 0. The first-order valence-electron chi connectivity index (χ1n) is 10.4. The normalized spacial score (nSPS) is 11.9. The van der Waals surface area contributed by atoms with Crippen molar-refractivity contribution in [1.29, 1.82) is 0 Å². The fourth-order valence-corrected chi connectivity index (χ4v) is 3.41. The minimum Gasteiger partial charge on any atom is -0.490 e. The molecule has 3 aromatic rings. The van der Waals surface area contributed by atoms with Gasteiger partial charge in [0.1, 0.15) is 5.75 Å². The van der Waals surface area contributed by atoms with E-state index < -0.39 is 0 Å². The number of carbonyl (C=O) groups is 2. The van der Waals surface area contributed by atoms with Gasteiger partial charge in [0.2, 0.25) is 0 Å². The maximum atomic E-state index is 12.8. The summed E-state index contributed by atoms with van der Waals surface area (Å²) in [5.41, 5.74) is 2.83. The standard InChI is InChI=1S/C25H24N2O5/c1-4-30-22-10-7-16(13-23(22)31-5-2)24(28)26-17-8-11-20-18(14-17)25(29)27-19-12-15(3)6-9-21(19)32-20/h6-14H,4-5H2,1-3H3,(H,26,28)(H,27,29). The number of amides is 2. The molecule has 0 fully saturated rings. The number of benzene rings is 3. The lowest BCUT2D eigenvalue weighted by molar-refractivity contribution is 0.101. The minimum absolute atomic E-state index is 0.305. The van der Waals surface area contributed by atoms with E-state index in [1.54, 1.807) is 36.4 Å². The van der Waals surface area contributed by atoms with Crippen LogP contribution in [0.2, 0.25) is 0 Å². The molecule has 32 heavy (non-hydrogen) atoms. The van der Waals surface area contributed by atoms with Crippen LogP contribution in [0.5, 0.6) is 23.0 Å². The Bertz CT molecular complexity index is 1190. The lowest BCUT2D eigenvalue weighted by atomic mass is 10.1. The third-order valence-corrected chi connectivity index (χ3v) is 4.89. The Hall–Kier alpha value is -4.00. The highest BCUT2D eigenvalue weighted by Gasteiger charge is 2.22. The molecule has 3 aromatic carbocycles. The molecule has 1 aliphatic rings. The highest BCUT2D eigenvalue weighted by molar-refractivity contribution is 6.10. The van der Waals surface area contributed by atoms with Crippen LogP contribution in [0.1, 0.15) is 40.1 Å². The zero-order valence-electron chi connectivity index (χ0n) is 18.2. The lowest BCUT2D eigenvalue weighted by Crippen LogP contribution is -2.14. The van der Waals surface area contributed by atoms with Crippen LogP contribution in [0.15, 0.2) is 54.6 Å². The largest absolute Gasteiger partial charge is 0.490 e. The number of aryl methyl sites for hydroxylation is 1. The smallest absolute Gasteiger partial charge is 0.259 e. The second-order valence-corrected chi connectivity index (χ2v) is 7.25. The molecule has 2 amide bonds. The van der Waals surface area contributed by atoms with E-state index in [1.807, 2.05) is 39.0 Å². The van der Waals surface area contributed by atoms with Crippen molar-refractivity contribution in [2.45, 2.75) is 20.8 Å². The van der Waals surface area contributed by atoms with Crippen molar-refractivity contribution in [3.63, 3.8) is 0 Å². The number of rotatable bonds is 6. The van der Waals surface area contributed by atoms with Crippen molar-refractivity contribution in [3.05, 3.63) is 71.3 Å². The SMILES string of the molecule is CCOc1ccc(C(=O)Nc2ccc3c(c2)C(=O)Nc2cc(C)ccc2O3)cc1OCC. The van der Waals surface area contributed by atoms with Crippen molar-refractivity contribution >= 4 is 23.2 Å². The van der Waals surface area contributed by atoms with Crippen LogP contribution in [0.25, 0.3) is 0 Å². The molecule has 0 aliphatic carbocycles. The van der Waals surface area contributed by atoms with E-state index in [9.17, 15) is 9.59 Å². The van der Waals surface area contributed by atoms with Crippen LogP contribution < -0.4 is 24.8 Å². The van der Waals surface area contributed by atoms with Gasteiger partial charge < -0.3 is 24.8 Å². The summed E-state index contributed by atoms with van der Waals surface area (Å²) in [7, 11) is 0. The zero-order chi connectivity index (χ0) is 22.7. The number of hydrogen-bond acceptors (Lipinski definition) is 5. The molecule has 0 unspecified atom stereocenters. The molecule has 4 rings (SSSR count). The van der Waals surface area contributed by atoms with Gasteiger partial charge in [-0.15, -0.1) is 0 Å². The fraction of sp³-hybridized carbons (Fsp3) is 0.200. The van der Waals surface area contributed by atoms with E-state index in [0.717, 1.165) is 5.56 Å². The second-order valence-electron chi connectivity index (χ2n) is 7.25. The summed E-state index contributed by atoms with van der Waals surface area (Å²) in [6, 6.07) is 15.6. The monoisotopic (exact) mass is 432 g/mol. The van der Waals surface area contributed by atoms with Crippen LogP contribution in [-0.2, 0) is 0 Å². The zero-order valence-corrected chi connectivity index (χ0v) is 18.2. The van der Waals surface area contributed by atoms with Crippen molar-refractivity contribution in [3.8, 4) is 23.0 Å². The third-order valence-electron chi connectivity index (χ3n) is 4.89. The third kappa shape index (κ3) is 4.37. The first kappa shape index (κ1) is 21.2. The Balaban J connectivity index is 1.57. The number of carbonyl (C=O) groups excluding carboxylic acids is 2. The molecule has 0 atom stereocenters. The van der Waals surface area contributed by atoms with Crippen LogP contribution >= 0.6 is 0 Å². The molecule has 1 heterocycles. The van der Waals surface area contributed by atoms with Gasteiger partial charge >= 0.3 is 0 Å². The number of nitrogens with one attached hydrogen (secondary N) is 2. The number of anilines is 2. The first-order valence-corrected chi connectivity index (χ1v) is 10.4. The molecule has 0 aromatic heterocycles. The minimum atomic E-state index is -0.331. The molecule has 0 saturated carbocycles. The Labute approximate surface area is 186 Å². The first-order chi connectivity index (χ1) is 15.5. The van der Waals surface area contributed by atoms with Gasteiger partial charge in [-0.3, -0.25) is 9.59 Å². The van der Waals surface area contributed by atoms with E-state index in [2.05, 4.69) is 10.6 Å². The van der Waals surface area contributed by atoms with Crippen LogP contribution in [0.3, 0.4) is 0 Å². The Kier molecular flexibility index (Phi) is 5.98. The molecular weight excluding hydrogens is 408 g/mol. The van der Waals surface area contributed by atoms with E-state index in [1.165, 1.54) is 0 Å². The molecular formula is C25H24N2O5. The number of ether oxygens (including phenoxy) is 3. The molecule has 164 valence electrons. The average Bonchev–Trinajstić information content (AvgIpc) is 2.90. The van der Waals surface area contributed by atoms with Gasteiger partial charge in [-0.25, -0.2) is 0 Å². The number of hydrogen-bond donors (Lipinski definition) is 2. The van der Waals surface area contributed by atoms with Crippen molar-refractivity contribution in [2.75, 3.05) is 23.8 Å². The molecule has 0 bridgehead atoms. The molecule has 7 nitrogen and oxygen atoms in total. The Morgan fingerprint density at radius 1 is 0.938 bits per heavy atom. The van der Waals surface area contributed by atoms with Gasteiger partial charge in [-0.2, -0.15) is 0 Å².